The van der Waals surface area contributed by atoms with Crippen LogP contribution in [0.1, 0.15) is 20.3 Å². The molecule has 0 aliphatic carbocycles. The minimum atomic E-state index is -1.08. The van der Waals surface area contributed by atoms with Crippen LogP contribution in [0.25, 0.3) is 16.8 Å². The molecule has 1 saturated heterocycles. The standard InChI is InChI=1S/C18H15F2N5O4/c1-18(2)28-11(16(27)29-18)7-14(26)23-17-22-13-6-3-9(8-25(13)24-17)10-4-5-12(19)21-15(10)20/h3-6,8,11H,7H2,1-2H3,(H,23,24,26)/t11-/m0/s1. The summed E-state index contributed by atoms with van der Waals surface area (Å²) in [6.07, 6.45) is 0.202. The van der Waals surface area contributed by atoms with Gasteiger partial charge in [-0.1, -0.05) is 0 Å². The van der Waals surface area contributed by atoms with Crippen LogP contribution in [0.5, 0.6) is 0 Å². The molecule has 1 atom stereocenters. The van der Waals surface area contributed by atoms with Crippen molar-refractivity contribution in [2.45, 2.75) is 32.2 Å². The molecule has 3 aromatic rings. The van der Waals surface area contributed by atoms with E-state index in [1.807, 2.05) is 0 Å². The highest BCUT2D eigenvalue weighted by atomic mass is 19.1. The highest BCUT2D eigenvalue weighted by molar-refractivity contribution is 5.93. The number of cyclic esters (lactones) is 1. The number of esters is 1. The maximum Gasteiger partial charge on any atom is 0.338 e. The first-order chi connectivity index (χ1) is 13.7. The van der Waals surface area contributed by atoms with Crippen molar-refractivity contribution in [3.63, 3.8) is 0 Å². The number of nitrogens with zero attached hydrogens (tertiary/aromatic N) is 4. The summed E-state index contributed by atoms with van der Waals surface area (Å²) in [5, 5.41) is 6.59. The van der Waals surface area contributed by atoms with Crippen LogP contribution in [0.2, 0.25) is 0 Å². The number of hydrogen-bond acceptors (Lipinski definition) is 7. The first-order valence-electron chi connectivity index (χ1n) is 8.59. The van der Waals surface area contributed by atoms with Crippen molar-refractivity contribution in [3.8, 4) is 11.1 Å². The predicted octanol–water partition coefficient (Wildman–Crippen LogP) is 2.08. The molecule has 0 aromatic carbocycles. The van der Waals surface area contributed by atoms with Crippen molar-refractivity contribution in [1.82, 2.24) is 19.6 Å². The van der Waals surface area contributed by atoms with Gasteiger partial charge in [-0.05, 0) is 24.3 Å². The third-order valence-electron chi connectivity index (χ3n) is 4.11. The minimum absolute atomic E-state index is 0.00419. The monoisotopic (exact) mass is 403 g/mol. The van der Waals surface area contributed by atoms with Gasteiger partial charge >= 0.3 is 5.97 Å². The molecule has 1 aliphatic heterocycles. The maximum absolute atomic E-state index is 13.9. The van der Waals surface area contributed by atoms with E-state index in [9.17, 15) is 18.4 Å². The van der Waals surface area contributed by atoms with Crippen LogP contribution in [0.4, 0.5) is 14.7 Å². The first kappa shape index (κ1) is 18.9. The molecule has 9 nitrogen and oxygen atoms in total. The molecule has 4 heterocycles. The average Bonchev–Trinajstić information content (AvgIpc) is 3.12. The first-order valence-corrected chi connectivity index (χ1v) is 8.59. The molecule has 4 rings (SSSR count). The Morgan fingerprint density at radius 1 is 1.24 bits per heavy atom. The summed E-state index contributed by atoms with van der Waals surface area (Å²) in [6.45, 7) is 3.15. The van der Waals surface area contributed by atoms with E-state index in [1.165, 1.54) is 16.8 Å². The summed E-state index contributed by atoms with van der Waals surface area (Å²) in [4.78, 5) is 31.2. The van der Waals surface area contributed by atoms with E-state index in [1.54, 1.807) is 26.0 Å². The molecular formula is C18H15F2N5O4. The fraction of sp³-hybridized carbons (Fsp3) is 0.278. The third-order valence-corrected chi connectivity index (χ3v) is 4.11. The number of rotatable bonds is 4. The zero-order valence-electron chi connectivity index (χ0n) is 15.3. The maximum atomic E-state index is 13.9. The van der Waals surface area contributed by atoms with Crippen molar-refractivity contribution in [3.05, 3.63) is 42.4 Å². The molecule has 11 heteroatoms. The van der Waals surface area contributed by atoms with Crippen LogP contribution in [0.15, 0.2) is 30.5 Å². The summed E-state index contributed by atoms with van der Waals surface area (Å²) in [6, 6.07) is 5.44. The number of anilines is 1. The van der Waals surface area contributed by atoms with Crippen LogP contribution in [0, 0.1) is 11.9 Å². The second-order valence-electron chi connectivity index (χ2n) is 6.81. The lowest BCUT2D eigenvalue weighted by molar-refractivity contribution is -0.160. The van der Waals surface area contributed by atoms with E-state index in [0.29, 0.717) is 11.2 Å². The number of aromatic nitrogens is 4. The number of carbonyl (C=O) groups excluding carboxylic acids is 2. The fourth-order valence-corrected chi connectivity index (χ4v) is 2.91. The topological polar surface area (TPSA) is 108 Å². The Hall–Kier alpha value is -3.47. The van der Waals surface area contributed by atoms with Gasteiger partial charge in [-0.2, -0.15) is 18.7 Å². The second-order valence-corrected chi connectivity index (χ2v) is 6.81. The number of carbonyl (C=O) groups is 2. The molecule has 3 aromatic heterocycles. The van der Waals surface area contributed by atoms with Gasteiger partial charge in [-0.15, -0.1) is 5.10 Å². The molecule has 0 unspecified atom stereocenters. The van der Waals surface area contributed by atoms with E-state index in [0.717, 1.165) is 6.07 Å². The molecular weight excluding hydrogens is 388 g/mol. The van der Waals surface area contributed by atoms with Crippen molar-refractivity contribution < 1.29 is 27.8 Å². The summed E-state index contributed by atoms with van der Waals surface area (Å²) < 4.78 is 38.6. The molecule has 0 radical (unpaired) electrons. The van der Waals surface area contributed by atoms with E-state index < -0.39 is 35.7 Å². The molecule has 150 valence electrons. The van der Waals surface area contributed by atoms with Gasteiger partial charge in [0.2, 0.25) is 29.5 Å². The highest BCUT2D eigenvalue weighted by Crippen LogP contribution is 2.26. The number of fused-ring (bicyclic) bond motifs is 1. The minimum Gasteiger partial charge on any atom is -0.432 e. The molecule has 0 spiro atoms. The number of nitrogens with one attached hydrogen (secondary N) is 1. The molecule has 1 N–H and O–H groups in total. The van der Waals surface area contributed by atoms with Gasteiger partial charge in [0.25, 0.3) is 0 Å². The Morgan fingerprint density at radius 2 is 2.03 bits per heavy atom. The third kappa shape index (κ3) is 3.90. The van der Waals surface area contributed by atoms with Crippen molar-refractivity contribution >= 4 is 23.5 Å². The lowest BCUT2D eigenvalue weighted by Gasteiger charge is -2.14. The molecule has 1 aliphatic rings. The molecule has 0 saturated carbocycles. The van der Waals surface area contributed by atoms with Crippen molar-refractivity contribution in [2.75, 3.05) is 5.32 Å². The van der Waals surface area contributed by atoms with Crippen LogP contribution in [-0.4, -0.2) is 43.3 Å². The predicted molar refractivity (Wildman–Crippen MR) is 94.4 cm³/mol. The number of halogens is 2. The Bertz CT molecular complexity index is 1130. The summed E-state index contributed by atoms with van der Waals surface area (Å²) in [5.41, 5.74) is 0.876. The SMILES string of the molecule is CC1(C)OC(=O)[C@H](CC(=O)Nc2nc3ccc(-c4ccc(F)nc4F)cn3n2)O1. The lowest BCUT2D eigenvalue weighted by atomic mass is 10.1. The van der Waals surface area contributed by atoms with E-state index in [-0.39, 0.29) is 17.9 Å². The van der Waals surface area contributed by atoms with E-state index >= 15 is 0 Å². The normalized spacial score (nSPS) is 18.1. The smallest absolute Gasteiger partial charge is 0.338 e. The van der Waals surface area contributed by atoms with Crippen LogP contribution in [-0.2, 0) is 19.1 Å². The Balaban J connectivity index is 1.50. The van der Waals surface area contributed by atoms with Gasteiger partial charge in [-0.3, -0.25) is 10.1 Å². The molecule has 29 heavy (non-hydrogen) atoms. The summed E-state index contributed by atoms with van der Waals surface area (Å²) in [5.74, 6) is -4.11. The van der Waals surface area contributed by atoms with Crippen LogP contribution >= 0.6 is 0 Å². The zero-order chi connectivity index (χ0) is 20.8. The van der Waals surface area contributed by atoms with E-state index in [4.69, 9.17) is 9.47 Å². The highest BCUT2D eigenvalue weighted by Gasteiger charge is 2.42. The van der Waals surface area contributed by atoms with Crippen molar-refractivity contribution in [1.29, 1.82) is 0 Å². The Morgan fingerprint density at radius 3 is 2.72 bits per heavy atom. The van der Waals surface area contributed by atoms with Gasteiger partial charge in [0.15, 0.2) is 11.8 Å². The van der Waals surface area contributed by atoms with Gasteiger partial charge in [0.05, 0.1) is 6.42 Å². The number of pyridine rings is 2. The van der Waals surface area contributed by atoms with Gasteiger partial charge < -0.3 is 9.47 Å². The summed E-state index contributed by atoms with van der Waals surface area (Å²) in [7, 11) is 0. The summed E-state index contributed by atoms with van der Waals surface area (Å²) >= 11 is 0. The number of amides is 1. The largest absolute Gasteiger partial charge is 0.432 e. The van der Waals surface area contributed by atoms with E-state index in [2.05, 4.69) is 20.4 Å². The van der Waals surface area contributed by atoms with Gasteiger partial charge in [-0.25, -0.2) is 9.31 Å². The second kappa shape index (κ2) is 6.85. The van der Waals surface area contributed by atoms with Crippen LogP contribution in [0.3, 0.4) is 0 Å². The lowest BCUT2D eigenvalue weighted by Crippen LogP contribution is -2.26. The van der Waals surface area contributed by atoms with Crippen molar-refractivity contribution in [2.24, 2.45) is 0 Å². The molecule has 0 bridgehead atoms. The number of hydrogen-bond donors (Lipinski definition) is 1. The van der Waals surface area contributed by atoms with Gasteiger partial charge in [0.1, 0.15) is 0 Å². The fourth-order valence-electron chi connectivity index (χ4n) is 2.91. The quantitative estimate of drug-likeness (QED) is 0.525. The van der Waals surface area contributed by atoms with Gasteiger partial charge in [0, 0.05) is 31.2 Å². The Labute approximate surface area is 162 Å². The zero-order valence-corrected chi connectivity index (χ0v) is 15.3. The van der Waals surface area contributed by atoms with Crippen LogP contribution < -0.4 is 5.32 Å². The molecule has 1 fully saturated rings. The number of ether oxygens (including phenoxy) is 2. The Kier molecular flexibility index (Phi) is 4.46. The molecule has 1 amide bonds. The average molecular weight is 403 g/mol.